The first-order valence-electron chi connectivity index (χ1n) is 7.39. The lowest BCUT2D eigenvalue weighted by Gasteiger charge is -2.35. The van der Waals surface area contributed by atoms with E-state index in [1.165, 1.54) is 13.2 Å². The molecule has 0 radical (unpaired) electrons. The lowest BCUT2D eigenvalue weighted by molar-refractivity contribution is -0.138. The van der Waals surface area contributed by atoms with Crippen molar-refractivity contribution in [2.24, 2.45) is 0 Å². The molecule has 0 saturated carbocycles. The van der Waals surface area contributed by atoms with E-state index in [2.05, 4.69) is 5.32 Å². The molecule has 1 aliphatic heterocycles. The zero-order valence-electron chi connectivity index (χ0n) is 12.8. The number of alkyl halides is 3. The van der Waals surface area contributed by atoms with Crippen LogP contribution in [0.5, 0.6) is 11.5 Å². The Hall–Kier alpha value is -1.18. The maximum Gasteiger partial charge on any atom is 0.389 e. The summed E-state index contributed by atoms with van der Waals surface area (Å²) >= 11 is 5.99. The Morgan fingerprint density at radius 1 is 1.35 bits per heavy atom. The van der Waals surface area contributed by atoms with Gasteiger partial charge < -0.3 is 15.2 Å². The van der Waals surface area contributed by atoms with Gasteiger partial charge in [-0.25, -0.2) is 0 Å². The van der Waals surface area contributed by atoms with Crippen LogP contribution in [-0.2, 0) is 0 Å². The van der Waals surface area contributed by atoms with Crippen LogP contribution >= 0.6 is 11.6 Å². The molecule has 0 amide bonds. The second-order valence-corrected chi connectivity index (χ2v) is 5.92. The van der Waals surface area contributed by atoms with Crippen LogP contribution in [0, 0.1) is 0 Å². The normalized spacial score (nSPS) is 18.0. The molecule has 23 heavy (non-hydrogen) atoms. The molecule has 1 aromatic rings. The van der Waals surface area contributed by atoms with Gasteiger partial charge >= 0.3 is 6.18 Å². The highest BCUT2D eigenvalue weighted by Crippen LogP contribution is 2.40. The fraction of sp³-hybridized carbons (Fsp3) is 0.600. The molecule has 1 atom stereocenters. The second kappa shape index (κ2) is 7.59. The van der Waals surface area contributed by atoms with Gasteiger partial charge in [0, 0.05) is 38.6 Å². The number of methoxy groups -OCH3 is 1. The maximum absolute atomic E-state index is 12.7. The average molecular weight is 353 g/mol. The number of piperazine rings is 1. The molecule has 1 aliphatic rings. The highest BCUT2D eigenvalue weighted by atomic mass is 35.5. The lowest BCUT2D eigenvalue weighted by Crippen LogP contribution is -2.45. The number of phenols is 1. The monoisotopic (exact) mass is 352 g/mol. The SMILES string of the molecule is COc1cc([C@H](CCC(F)(F)F)N2CCNCC2)cc(Cl)c1O. The van der Waals surface area contributed by atoms with Crippen molar-refractivity contribution >= 4 is 11.6 Å². The van der Waals surface area contributed by atoms with Crippen molar-refractivity contribution in [2.45, 2.75) is 25.1 Å². The maximum atomic E-state index is 12.7. The van der Waals surface area contributed by atoms with Gasteiger partial charge in [0.1, 0.15) is 0 Å². The molecule has 4 nitrogen and oxygen atoms in total. The number of ether oxygens (including phenoxy) is 1. The molecule has 2 rings (SSSR count). The number of nitrogens with zero attached hydrogens (tertiary/aromatic N) is 1. The molecular weight excluding hydrogens is 333 g/mol. The van der Waals surface area contributed by atoms with E-state index >= 15 is 0 Å². The third-order valence-electron chi connectivity index (χ3n) is 3.95. The first-order chi connectivity index (χ1) is 10.8. The third kappa shape index (κ3) is 4.89. The fourth-order valence-corrected chi connectivity index (χ4v) is 3.02. The molecule has 1 heterocycles. The number of rotatable bonds is 5. The number of aromatic hydroxyl groups is 1. The predicted octanol–water partition coefficient (Wildman–Crippen LogP) is 3.34. The third-order valence-corrected chi connectivity index (χ3v) is 4.24. The number of nitrogens with one attached hydrogen (secondary N) is 1. The quantitative estimate of drug-likeness (QED) is 0.853. The summed E-state index contributed by atoms with van der Waals surface area (Å²) in [7, 11) is 1.38. The van der Waals surface area contributed by atoms with Crippen molar-refractivity contribution in [2.75, 3.05) is 33.3 Å². The molecular formula is C15H20ClF3N2O2. The molecule has 0 aliphatic carbocycles. The molecule has 0 bridgehead atoms. The summed E-state index contributed by atoms with van der Waals surface area (Å²) < 4.78 is 43.1. The summed E-state index contributed by atoms with van der Waals surface area (Å²) in [5, 5.41) is 13.1. The Morgan fingerprint density at radius 2 is 2.00 bits per heavy atom. The van der Waals surface area contributed by atoms with Crippen LogP contribution in [0.3, 0.4) is 0 Å². The summed E-state index contributed by atoms with van der Waals surface area (Å²) in [5.74, 6) is -0.0348. The van der Waals surface area contributed by atoms with Gasteiger partial charge in [0.05, 0.1) is 12.1 Å². The highest BCUT2D eigenvalue weighted by molar-refractivity contribution is 6.32. The Balaban J connectivity index is 2.30. The van der Waals surface area contributed by atoms with Crippen LogP contribution in [0.15, 0.2) is 12.1 Å². The van der Waals surface area contributed by atoms with Gasteiger partial charge in [-0.2, -0.15) is 13.2 Å². The zero-order valence-corrected chi connectivity index (χ0v) is 13.5. The van der Waals surface area contributed by atoms with Crippen molar-refractivity contribution < 1.29 is 23.0 Å². The van der Waals surface area contributed by atoms with Crippen molar-refractivity contribution in [1.29, 1.82) is 0 Å². The van der Waals surface area contributed by atoms with Crippen molar-refractivity contribution in [1.82, 2.24) is 10.2 Å². The smallest absolute Gasteiger partial charge is 0.389 e. The van der Waals surface area contributed by atoms with Crippen LogP contribution in [0.1, 0.15) is 24.4 Å². The summed E-state index contributed by atoms with van der Waals surface area (Å²) in [6.07, 6.45) is -5.15. The summed E-state index contributed by atoms with van der Waals surface area (Å²) in [6, 6.07) is 2.65. The zero-order chi connectivity index (χ0) is 17.0. The first-order valence-corrected chi connectivity index (χ1v) is 7.77. The number of halogens is 4. The summed E-state index contributed by atoms with van der Waals surface area (Å²) in [5.41, 5.74) is 0.621. The Morgan fingerprint density at radius 3 is 2.57 bits per heavy atom. The van der Waals surface area contributed by atoms with Crippen LogP contribution in [0.2, 0.25) is 5.02 Å². The van der Waals surface area contributed by atoms with Gasteiger partial charge in [-0.1, -0.05) is 11.6 Å². The van der Waals surface area contributed by atoms with E-state index in [1.807, 2.05) is 4.90 Å². The average Bonchev–Trinajstić information content (AvgIpc) is 2.50. The van der Waals surface area contributed by atoms with Crippen LogP contribution in [0.4, 0.5) is 13.2 Å². The number of phenolic OH excluding ortho intramolecular Hbond substituents is 1. The molecule has 8 heteroatoms. The van der Waals surface area contributed by atoms with Crippen LogP contribution < -0.4 is 10.1 Å². The number of benzene rings is 1. The molecule has 0 unspecified atom stereocenters. The Labute approximate surface area is 138 Å². The van der Waals surface area contributed by atoms with Gasteiger partial charge in [-0.05, 0) is 24.1 Å². The summed E-state index contributed by atoms with van der Waals surface area (Å²) in [6.45, 7) is 2.77. The minimum Gasteiger partial charge on any atom is -0.503 e. The van der Waals surface area contributed by atoms with Crippen molar-refractivity contribution in [3.8, 4) is 11.5 Å². The number of hydrogen-bond acceptors (Lipinski definition) is 4. The van der Waals surface area contributed by atoms with E-state index in [0.29, 0.717) is 18.7 Å². The second-order valence-electron chi connectivity index (χ2n) is 5.51. The molecule has 1 fully saturated rings. The topological polar surface area (TPSA) is 44.7 Å². The lowest BCUT2D eigenvalue weighted by atomic mass is 9.98. The van der Waals surface area contributed by atoms with E-state index in [0.717, 1.165) is 13.1 Å². The van der Waals surface area contributed by atoms with Gasteiger partial charge in [0.15, 0.2) is 11.5 Å². The Kier molecular flexibility index (Phi) is 6.00. The minimum atomic E-state index is -4.21. The Bertz CT molecular complexity index is 534. The van der Waals surface area contributed by atoms with Gasteiger partial charge in [-0.3, -0.25) is 4.90 Å². The van der Waals surface area contributed by atoms with Crippen LogP contribution in [-0.4, -0.2) is 49.5 Å². The van der Waals surface area contributed by atoms with Crippen LogP contribution in [0.25, 0.3) is 0 Å². The van der Waals surface area contributed by atoms with E-state index in [1.54, 1.807) is 6.07 Å². The molecule has 1 aromatic carbocycles. The molecule has 130 valence electrons. The summed E-state index contributed by atoms with van der Waals surface area (Å²) in [4.78, 5) is 2.00. The largest absolute Gasteiger partial charge is 0.503 e. The first kappa shape index (κ1) is 18.2. The molecule has 1 saturated heterocycles. The van der Waals surface area contributed by atoms with Crippen molar-refractivity contribution in [3.05, 3.63) is 22.7 Å². The van der Waals surface area contributed by atoms with E-state index in [9.17, 15) is 18.3 Å². The molecule has 0 spiro atoms. The number of hydrogen-bond donors (Lipinski definition) is 2. The van der Waals surface area contributed by atoms with Gasteiger partial charge in [-0.15, -0.1) is 0 Å². The fourth-order valence-electron chi connectivity index (χ4n) is 2.80. The minimum absolute atomic E-state index is 0.0617. The molecule has 2 N–H and O–H groups in total. The predicted molar refractivity (Wildman–Crippen MR) is 82.1 cm³/mol. The van der Waals surface area contributed by atoms with E-state index < -0.39 is 18.6 Å². The molecule has 0 aromatic heterocycles. The van der Waals surface area contributed by atoms with E-state index in [4.69, 9.17) is 16.3 Å². The van der Waals surface area contributed by atoms with Gasteiger partial charge in [0.2, 0.25) is 0 Å². The van der Waals surface area contributed by atoms with Crippen molar-refractivity contribution in [3.63, 3.8) is 0 Å². The van der Waals surface area contributed by atoms with E-state index in [-0.39, 0.29) is 22.9 Å². The van der Waals surface area contributed by atoms with Gasteiger partial charge in [0.25, 0.3) is 0 Å². The standard InChI is InChI=1S/C15H20ClF3N2O2/c1-23-13-9-10(8-11(16)14(13)22)12(2-3-15(17,18)19)21-6-4-20-5-7-21/h8-9,12,20,22H,2-7H2,1H3/t12-/m0/s1. The highest BCUT2D eigenvalue weighted by Gasteiger charge is 2.32.